The highest BCUT2D eigenvalue weighted by molar-refractivity contribution is 5.77. The number of methoxy groups -OCH3 is 2. The van der Waals surface area contributed by atoms with Gasteiger partial charge < -0.3 is 19.4 Å². The maximum atomic E-state index is 12.6. The van der Waals surface area contributed by atoms with Gasteiger partial charge in [0, 0.05) is 25.3 Å². The molecule has 7 nitrogen and oxygen atoms in total. The first-order valence-electron chi connectivity index (χ1n) is 8.63. The number of aromatic amines is 1. The predicted octanol–water partition coefficient (Wildman–Crippen LogP) is 2.24. The van der Waals surface area contributed by atoms with Gasteiger partial charge in [-0.3, -0.25) is 9.59 Å². The molecule has 2 heterocycles. The van der Waals surface area contributed by atoms with E-state index in [0.717, 1.165) is 22.7 Å². The van der Waals surface area contributed by atoms with Crippen molar-refractivity contribution in [2.24, 2.45) is 0 Å². The van der Waals surface area contributed by atoms with E-state index in [1.54, 1.807) is 13.4 Å². The van der Waals surface area contributed by atoms with Gasteiger partial charge in [-0.1, -0.05) is 12.1 Å². The third-order valence-electron chi connectivity index (χ3n) is 4.70. The number of nitrogens with zero attached hydrogens (tertiary/aromatic N) is 2. The molecule has 0 saturated carbocycles. The van der Waals surface area contributed by atoms with Crippen molar-refractivity contribution in [1.29, 1.82) is 0 Å². The molecule has 1 aromatic heterocycles. The molecule has 1 unspecified atom stereocenters. The Balaban J connectivity index is 1.72. The number of aromatic nitrogens is 2. The molecule has 2 aromatic rings. The highest BCUT2D eigenvalue weighted by atomic mass is 16.5. The highest BCUT2D eigenvalue weighted by Crippen LogP contribution is 2.32. The average molecular weight is 357 g/mol. The van der Waals surface area contributed by atoms with E-state index in [0.29, 0.717) is 25.9 Å². The number of imidazole rings is 1. The van der Waals surface area contributed by atoms with Crippen LogP contribution in [0, 0.1) is 0 Å². The van der Waals surface area contributed by atoms with Crippen LogP contribution in [-0.4, -0.2) is 47.5 Å². The molecule has 0 bridgehead atoms. The predicted molar refractivity (Wildman–Crippen MR) is 94.7 cm³/mol. The third kappa shape index (κ3) is 3.87. The SMILES string of the molecule is COC(=O)CCCC(=O)N1Cc2[nH]cnc2C(c2ccc(OC)cc2)C1. The van der Waals surface area contributed by atoms with Crippen LogP contribution in [0.15, 0.2) is 30.6 Å². The number of carbonyl (C=O) groups is 2. The van der Waals surface area contributed by atoms with Gasteiger partial charge in [-0.05, 0) is 24.1 Å². The summed E-state index contributed by atoms with van der Waals surface area (Å²) in [5, 5.41) is 0. The van der Waals surface area contributed by atoms with Crippen LogP contribution in [0.2, 0.25) is 0 Å². The van der Waals surface area contributed by atoms with E-state index in [1.807, 2.05) is 29.2 Å². The number of esters is 1. The second kappa shape index (κ2) is 8.03. The summed E-state index contributed by atoms with van der Waals surface area (Å²) in [6.07, 6.45) is 2.75. The summed E-state index contributed by atoms with van der Waals surface area (Å²) in [6, 6.07) is 7.85. The first-order chi connectivity index (χ1) is 12.6. The Morgan fingerprint density at radius 2 is 2.00 bits per heavy atom. The van der Waals surface area contributed by atoms with E-state index in [9.17, 15) is 9.59 Å². The Labute approximate surface area is 152 Å². The van der Waals surface area contributed by atoms with Crippen molar-refractivity contribution in [1.82, 2.24) is 14.9 Å². The Morgan fingerprint density at radius 3 is 2.69 bits per heavy atom. The summed E-state index contributed by atoms with van der Waals surface area (Å²) < 4.78 is 9.84. The van der Waals surface area contributed by atoms with Gasteiger partial charge in [0.25, 0.3) is 0 Å². The Morgan fingerprint density at radius 1 is 1.23 bits per heavy atom. The fraction of sp³-hybridized carbons (Fsp3) is 0.421. The van der Waals surface area contributed by atoms with Crippen LogP contribution in [0.3, 0.4) is 0 Å². The molecule has 0 fully saturated rings. The van der Waals surface area contributed by atoms with E-state index in [-0.39, 0.29) is 24.2 Å². The number of H-pyrrole nitrogens is 1. The number of carbonyl (C=O) groups excluding carboxylic acids is 2. The lowest BCUT2D eigenvalue weighted by atomic mass is 9.90. The van der Waals surface area contributed by atoms with Gasteiger partial charge in [0.1, 0.15) is 5.75 Å². The quantitative estimate of drug-likeness (QED) is 0.802. The van der Waals surface area contributed by atoms with Gasteiger partial charge in [-0.25, -0.2) is 4.98 Å². The van der Waals surface area contributed by atoms with E-state index in [4.69, 9.17) is 4.74 Å². The summed E-state index contributed by atoms with van der Waals surface area (Å²) in [5.74, 6) is 0.555. The first-order valence-corrected chi connectivity index (χ1v) is 8.63. The molecule has 138 valence electrons. The molecular formula is C19H23N3O4. The minimum atomic E-state index is -0.289. The van der Waals surface area contributed by atoms with Gasteiger partial charge >= 0.3 is 5.97 Å². The molecule has 1 aliphatic rings. The fourth-order valence-electron chi connectivity index (χ4n) is 3.25. The minimum absolute atomic E-state index is 0.0143. The van der Waals surface area contributed by atoms with Crippen LogP contribution < -0.4 is 4.74 Å². The number of amides is 1. The molecule has 0 aliphatic carbocycles. The lowest BCUT2D eigenvalue weighted by molar-refractivity contribution is -0.141. The smallest absolute Gasteiger partial charge is 0.305 e. The van der Waals surface area contributed by atoms with Crippen LogP contribution in [0.4, 0.5) is 0 Å². The molecule has 1 aromatic carbocycles. The average Bonchev–Trinajstić information content (AvgIpc) is 3.15. The Bertz CT molecular complexity index is 769. The summed E-state index contributed by atoms with van der Waals surface area (Å²) in [7, 11) is 2.99. The van der Waals surface area contributed by atoms with Gasteiger partial charge in [0.05, 0.1) is 38.5 Å². The topological polar surface area (TPSA) is 84.5 Å². The zero-order valence-electron chi connectivity index (χ0n) is 15.0. The molecule has 7 heteroatoms. The van der Waals surface area contributed by atoms with Crippen molar-refractivity contribution in [2.75, 3.05) is 20.8 Å². The van der Waals surface area contributed by atoms with E-state index >= 15 is 0 Å². The van der Waals surface area contributed by atoms with Crippen molar-refractivity contribution >= 4 is 11.9 Å². The maximum absolute atomic E-state index is 12.6. The molecule has 0 radical (unpaired) electrons. The normalized spacial score (nSPS) is 16.1. The number of hydrogen-bond donors (Lipinski definition) is 1. The lowest BCUT2D eigenvalue weighted by Crippen LogP contribution is -2.38. The third-order valence-corrected chi connectivity index (χ3v) is 4.70. The van der Waals surface area contributed by atoms with Crippen LogP contribution in [0.25, 0.3) is 0 Å². The van der Waals surface area contributed by atoms with Gasteiger partial charge in [0.2, 0.25) is 5.91 Å². The Hall–Kier alpha value is -2.83. The monoisotopic (exact) mass is 357 g/mol. The standard InChI is InChI=1S/C19H23N3O4/c1-25-14-8-6-13(7-9-14)15-10-22(11-16-19(15)21-12-20-16)17(23)4-3-5-18(24)26-2/h6-9,12,15H,3-5,10-11H2,1-2H3,(H,20,21). The molecule has 1 amide bonds. The minimum Gasteiger partial charge on any atom is -0.497 e. The van der Waals surface area contributed by atoms with Crippen LogP contribution >= 0.6 is 0 Å². The van der Waals surface area contributed by atoms with Crippen molar-refractivity contribution in [3.05, 3.63) is 47.5 Å². The van der Waals surface area contributed by atoms with Gasteiger partial charge in [-0.2, -0.15) is 0 Å². The van der Waals surface area contributed by atoms with Gasteiger partial charge in [0.15, 0.2) is 0 Å². The molecule has 0 spiro atoms. The van der Waals surface area contributed by atoms with Gasteiger partial charge in [-0.15, -0.1) is 0 Å². The summed E-state index contributed by atoms with van der Waals surface area (Å²) in [6.45, 7) is 1.08. The highest BCUT2D eigenvalue weighted by Gasteiger charge is 2.31. The molecule has 1 atom stereocenters. The van der Waals surface area contributed by atoms with E-state index in [1.165, 1.54) is 7.11 Å². The zero-order valence-corrected chi connectivity index (χ0v) is 15.0. The van der Waals surface area contributed by atoms with E-state index < -0.39 is 0 Å². The second-order valence-corrected chi connectivity index (χ2v) is 6.30. The summed E-state index contributed by atoms with van der Waals surface area (Å²) >= 11 is 0. The summed E-state index contributed by atoms with van der Waals surface area (Å²) in [5.41, 5.74) is 3.03. The molecular weight excluding hydrogens is 334 g/mol. The molecule has 0 saturated heterocycles. The molecule has 1 aliphatic heterocycles. The molecule has 26 heavy (non-hydrogen) atoms. The van der Waals surface area contributed by atoms with Crippen LogP contribution in [0.5, 0.6) is 5.75 Å². The maximum Gasteiger partial charge on any atom is 0.305 e. The lowest BCUT2D eigenvalue weighted by Gasteiger charge is -2.32. The first kappa shape index (κ1) is 18.0. The van der Waals surface area contributed by atoms with Crippen LogP contribution in [0.1, 0.15) is 42.1 Å². The van der Waals surface area contributed by atoms with Crippen molar-refractivity contribution < 1.29 is 19.1 Å². The Kier molecular flexibility index (Phi) is 5.55. The molecule has 1 N–H and O–H groups in total. The largest absolute Gasteiger partial charge is 0.497 e. The van der Waals surface area contributed by atoms with E-state index in [2.05, 4.69) is 14.7 Å². The fourth-order valence-corrected chi connectivity index (χ4v) is 3.25. The van der Waals surface area contributed by atoms with Crippen molar-refractivity contribution in [3.63, 3.8) is 0 Å². The summed E-state index contributed by atoms with van der Waals surface area (Å²) in [4.78, 5) is 33.2. The zero-order chi connectivity index (χ0) is 18.5. The number of nitrogens with one attached hydrogen (secondary N) is 1. The van der Waals surface area contributed by atoms with Crippen molar-refractivity contribution in [2.45, 2.75) is 31.7 Å². The van der Waals surface area contributed by atoms with Crippen molar-refractivity contribution in [3.8, 4) is 5.75 Å². The number of fused-ring (bicyclic) bond motifs is 1. The molecule has 3 rings (SSSR count). The number of hydrogen-bond acceptors (Lipinski definition) is 5. The number of benzene rings is 1. The number of rotatable bonds is 6. The second-order valence-electron chi connectivity index (χ2n) is 6.30. The van der Waals surface area contributed by atoms with Crippen LogP contribution in [-0.2, 0) is 20.9 Å². The number of ether oxygens (including phenoxy) is 2.